The summed E-state index contributed by atoms with van der Waals surface area (Å²) in [6.07, 6.45) is 4.49. The lowest BCUT2D eigenvalue weighted by molar-refractivity contribution is -0.132. The summed E-state index contributed by atoms with van der Waals surface area (Å²) in [7, 11) is 0. The average molecular weight is 395 g/mol. The van der Waals surface area contributed by atoms with Crippen LogP contribution < -0.4 is 4.87 Å². The second-order valence-corrected chi connectivity index (χ2v) is 8.60. The lowest BCUT2D eigenvalue weighted by Crippen LogP contribution is -2.38. The van der Waals surface area contributed by atoms with Crippen LogP contribution in [-0.4, -0.2) is 28.5 Å². The van der Waals surface area contributed by atoms with Crippen molar-refractivity contribution in [3.63, 3.8) is 0 Å². The van der Waals surface area contributed by atoms with Gasteiger partial charge >= 0.3 is 4.87 Å². The Balaban J connectivity index is 1.25. The van der Waals surface area contributed by atoms with Crippen LogP contribution in [0.2, 0.25) is 0 Å². The maximum absolute atomic E-state index is 12.6. The Morgan fingerprint density at radius 3 is 2.50 bits per heavy atom. The zero-order valence-corrected chi connectivity index (χ0v) is 16.9. The van der Waals surface area contributed by atoms with E-state index < -0.39 is 0 Å². The van der Waals surface area contributed by atoms with Crippen LogP contribution in [0.1, 0.15) is 31.2 Å². The Morgan fingerprint density at radius 1 is 1.00 bits per heavy atom. The normalized spacial score (nSPS) is 15.2. The summed E-state index contributed by atoms with van der Waals surface area (Å²) in [6.45, 7) is 2.33. The fourth-order valence-corrected chi connectivity index (χ4v) is 5.02. The van der Waals surface area contributed by atoms with Crippen molar-refractivity contribution in [2.45, 2.75) is 38.6 Å². The standard InChI is InChI=1S/C23H26N2O2S/c26-22(11-6-14-25-20-9-4-5-10-21(20)28-23(25)27)24-15-12-19(13-16-24)17-18-7-2-1-3-8-18/h1-5,7-10,19H,6,11-17H2. The van der Waals surface area contributed by atoms with Crippen LogP contribution in [-0.2, 0) is 17.8 Å². The van der Waals surface area contributed by atoms with Crippen molar-refractivity contribution in [3.05, 3.63) is 69.8 Å². The predicted octanol–water partition coefficient (Wildman–Crippen LogP) is 4.32. The zero-order valence-electron chi connectivity index (χ0n) is 16.0. The number of thiazole rings is 1. The fraction of sp³-hybridized carbons (Fsp3) is 0.391. The van der Waals surface area contributed by atoms with E-state index in [9.17, 15) is 9.59 Å². The predicted molar refractivity (Wildman–Crippen MR) is 115 cm³/mol. The quantitative estimate of drug-likeness (QED) is 0.625. The van der Waals surface area contributed by atoms with E-state index in [0.717, 1.165) is 42.6 Å². The van der Waals surface area contributed by atoms with E-state index in [4.69, 9.17) is 0 Å². The topological polar surface area (TPSA) is 42.3 Å². The number of likely N-dealkylation sites (tertiary alicyclic amines) is 1. The highest BCUT2D eigenvalue weighted by Gasteiger charge is 2.22. The molecule has 2 aromatic carbocycles. The summed E-state index contributed by atoms with van der Waals surface area (Å²) in [5, 5.41) is 0. The van der Waals surface area contributed by atoms with Crippen LogP contribution in [0, 0.1) is 5.92 Å². The third-order valence-electron chi connectivity index (χ3n) is 5.68. The Labute approximate surface area is 169 Å². The minimum atomic E-state index is 0.0652. The van der Waals surface area contributed by atoms with E-state index in [0.29, 0.717) is 25.3 Å². The first-order chi connectivity index (χ1) is 13.7. The van der Waals surface area contributed by atoms with E-state index in [-0.39, 0.29) is 10.8 Å². The number of carbonyl (C=O) groups excluding carboxylic acids is 1. The van der Waals surface area contributed by atoms with Crippen molar-refractivity contribution < 1.29 is 4.79 Å². The first-order valence-electron chi connectivity index (χ1n) is 10.1. The monoisotopic (exact) mass is 394 g/mol. The highest BCUT2D eigenvalue weighted by Crippen LogP contribution is 2.22. The van der Waals surface area contributed by atoms with Gasteiger partial charge < -0.3 is 4.90 Å². The molecule has 0 N–H and O–H groups in total. The van der Waals surface area contributed by atoms with Gasteiger partial charge in [0.05, 0.1) is 10.2 Å². The number of piperidine rings is 1. The second-order valence-electron chi connectivity index (χ2n) is 7.60. The van der Waals surface area contributed by atoms with Gasteiger partial charge in [0.1, 0.15) is 0 Å². The van der Waals surface area contributed by atoms with Crippen LogP contribution in [0.25, 0.3) is 10.2 Å². The van der Waals surface area contributed by atoms with Gasteiger partial charge in [-0.3, -0.25) is 14.2 Å². The molecule has 1 aliphatic rings. The molecule has 0 spiro atoms. The van der Waals surface area contributed by atoms with Gasteiger partial charge in [0, 0.05) is 26.1 Å². The summed E-state index contributed by atoms with van der Waals surface area (Å²) < 4.78 is 2.82. The molecular weight excluding hydrogens is 368 g/mol. The van der Waals surface area contributed by atoms with Crippen LogP contribution in [0.5, 0.6) is 0 Å². The van der Waals surface area contributed by atoms with E-state index in [1.54, 1.807) is 4.57 Å². The van der Waals surface area contributed by atoms with E-state index in [1.165, 1.54) is 16.9 Å². The van der Waals surface area contributed by atoms with Crippen LogP contribution in [0.3, 0.4) is 0 Å². The molecule has 0 radical (unpaired) electrons. The van der Waals surface area contributed by atoms with Crippen molar-refractivity contribution in [2.24, 2.45) is 5.92 Å². The number of fused-ring (bicyclic) bond motifs is 1. The number of aryl methyl sites for hydroxylation is 1. The molecule has 0 aliphatic carbocycles. The number of rotatable bonds is 6. The summed E-state index contributed by atoms with van der Waals surface area (Å²) in [4.78, 5) is 26.8. The van der Waals surface area contributed by atoms with Gasteiger partial charge in [0.25, 0.3) is 0 Å². The largest absolute Gasteiger partial charge is 0.343 e. The Kier molecular flexibility index (Phi) is 5.91. The van der Waals surface area contributed by atoms with Crippen molar-refractivity contribution in [1.29, 1.82) is 0 Å². The van der Waals surface area contributed by atoms with Crippen molar-refractivity contribution in [1.82, 2.24) is 9.47 Å². The maximum atomic E-state index is 12.6. The molecule has 4 rings (SSSR count). The van der Waals surface area contributed by atoms with Crippen molar-refractivity contribution in [3.8, 4) is 0 Å². The third kappa shape index (κ3) is 4.36. The molecule has 28 heavy (non-hydrogen) atoms. The lowest BCUT2D eigenvalue weighted by atomic mass is 9.90. The molecule has 5 heteroatoms. The fourth-order valence-electron chi connectivity index (χ4n) is 4.11. The third-order valence-corrected chi connectivity index (χ3v) is 6.64. The molecule has 146 valence electrons. The van der Waals surface area contributed by atoms with Crippen LogP contribution in [0.15, 0.2) is 59.4 Å². The minimum absolute atomic E-state index is 0.0652. The molecule has 1 amide bonds. The van der Waals surface area contributed by atoms with Gasteiger partial charge in [-0.25, -0.2) is 0 Å². The molecule has 2 heterocycles. The number of hydrogen-bond acceptors (Lipinski definition) is 3. The van der Waals surface area contributed by atoms with Gasteiger partial charge in [0.15, 0.2) is 0 Å². The number of benzene rings is 2. The number of carbonyl (C=O) groups is 1. The number of nitrogens with zero attached hydrogens (tertiary/aromatic N) is 2. The Morgan fingerprint density at radius 2 is 1.71 bits per heavy atom. The van der Waals surface area contributed by atoms with Gasteiger partial charge in [-0.15, -0.1) is 0 Å². The number of hydrogen-bond donors (Lipinski definition) is 0. The molecular formula is C23H26N2O2S. The molecule has 0 bridgehead atoms. The van der Waals surface area contributed by atoms with E-state index >= 15 is 0 Å². The lowest BCUT2D eigenvalue weighted by Gasteiger charge is -2.32. The molecule has 1 saturated heterocycles. The summed E-state index contributed by atoms with van der Waals surface area (Å²) in [5.74, 6) is 0.896. The Bertz CT molecular complexity index is 985. The van der Waals surface area contributed by atoms with Gasteiger partial charge in [-0.1, -0.05) is 53.8 Å². The summed E-state index contributed by atoms with van der Waals surface area (Å²) in [6, 6.07) is 18.5. The number of amides is 1. The summed E-state index contributed by atoms with van der Waals surface area (Å²) in [5.41, 5.74) is 2.37. The van der Waals surface area contributed by atoms with Gasteiger partial charge in [-0.2, -0.15) is 0 Å². The average Bonchev–Trinajstić information content (AvgIpc) is 3.04. The first kappa shape index (κ1) is 18.9. The van der Waals surface area contributed by atoms with E-state index in [1.807, 2.05) is 29.2 Å². The van der Waals surface area contributed by atoms with Crippen LogP contribution >= 0.6 is 11.3 Å². The molecule has 1 aromatic heterocycles. The van der Waals surface area contributed by atoms with Gasteiger partial charge in [0.2, 0.25) is 5.91 Å². The molecule has 3 aromatic rings. The van der Waals surface area contributed by atoms with Crippen molar-refractivity contribution >= 4 is 27.5 Å². The first-order valence-corrected chi connectivity index (χ1v) is 10.9. The molecule has 1 fully saturated rings. The maximum Gasteiger partial charge on any atom is 0.308 e. The molecule has 0 saturated carbocycles. The molecule has 0 unspecified atom stereocenters. The number of para-hydroxylation sites is 1. The molecule has 0 atom stereocenters. The summed E-state index contributed by atoms with van der Waals surface area (Å²) >= 11 is 1.28. The minimum Gasteiger partial charge on any atom is -0.343 e. The van der Waals surface area contributed by atoms with E-state index in [2.05, 4.69) is 30.3 Å². The molecule has 4 nitrogen and oxygen atoms in total. The second kappa shape index (κ2) is 8.74. The van der Waals surface area contributed by atoms with Crippen molar-refractivity contribution in [2.75, 3.05) is 13.1 Å². The zero-order chi connectivity index (χ0) is 19.3. The SMILES string of the molecule is O=C(CCCn1c(=O)sc2ccccc21)N1CCC(Cc2ccccc2)CC1. The van der Waals surface area contributed by atoms with Crippen LogP contribution in [0.4, 0.5) is 0 Å². The van der Waals surface area contributed by atoms with Gasteiger partial charge in [-0.05, 0) is 49.3 Å². The molecule has 1 aliphatic heterocycles. The Hall–Kier alpha value is -2.40. The number of aromatic nitrogens is 1. The highest BCUT2D eigenvalue weighted by molar-refractivity contribution is 7.16. The smallest absolute Gasteiger partial charge is 0.308 e. The highest BCUT2D eigenvalue weighted by atomic mass is 32.1.